The van der Waals surface area contributed by atoms with E-state index in [2.05, 4.69) is 15.0 Å². The van der Waals surface area contributed by atoms with Crippen LogP contribution in [-0.2, 0) is 6.42 Å². The molecule has 1 atom stereocenters. The van der Waals surface area contributed by atoms with Gasteiger partial charge in [-0.3, -0.25) is 4.79 Å². The van der Waals surface area contributed by atoms with Crippen LogP contribution in [0.3, 0.4) is 0 Å². The highest BCUT2D eigenvalue weighted by Crippen LogP contribution is 2.19. The van der Waals surface area contributed by atoms with Crippen LogP contribution < -0.4 is 0 Å². The number of hydrogen-bond acceptors (Lipinski definition) is 4. The van der Waals surface area contributed by atoms with E-state index in [1.165, 1.54) is 6.07 Å². The second kappa shape index (κ2) is 8.69. The number of amides is 1. The van der Waals surface area contributed by atoms with E-state index in [0.29, 0.717) is 30.2 Å². The molecule has 1 amide bonds. The molecule has 1 aliphatic rings. The topological polar surface area (TPSA) is 53.7 Å². The maximum Gasteiger partial charge on any atom is 0.274 e. The Morgan fingerprint density at radius 1 is 1.31 bits per heavy atom. The van der Waals surface area contributed by atoms with Gasteiger partial charge in [0.05, 0.1) is 0 Å². The highest BCUT2D eigenvalue weighted by atomic mass is 19.1. The highest BCUT2D eigenvalue weighted by Gasteiger charge is 2.24. The van der Waals surface area contributed by atoms with E-state index in [4.69, 9.17) is 0 Å². The zero-order valence-corrected chi connectivity index (χ0v) is 16.7. The van der Waals surface area contributed by atoms with Gasteiger partial charge in [0.15, 0.2) is 11.3 Å². The van der Waals surface area contributed by atoms with Crippen molar-refractivity contribution in [3.8, 4) is 0 Å². The molecule has 0 N–H and O–H groups in total. The summed E-state index contributed by atoms with van der Waals surface area (Å²) in [7, 11) is 1.83. The Kier molecular flexibility index (Phi) is 5.85. The standard InChI is InChI=1S/C22H26FN5O/c1-26(22(29)20-14-21-24-10-5-12-28(21)25-20)15-17-6-4-11-27(16-17)13-9-18-7-2-3-8-19(18)23/h2-3,5,7-8,10,12,14,17H,4,6,9,11,13,15-16H2,1H3. The van der Waals surface area contributed by atoms with Crippen LogP contribution in [0, 0.1) is 11.7 Å². The maximum atomic E-state index is 13.8. The molecule has 0 aliphatic carbocycles. The summed E-state index contributed by atoms with van der Waals surface area (Å²) in [5, 5.41) is 4.33. The van der Waals surface area contributed by atoms with Crippen molar-refractivity contribution in [2.75, 3.05) is 33.2 Å². The number of benzene rings is 1. The summed E-state index contributed by atoms with van der Waals surface area (Å²) in [5.74, 6) is 0.195. The number of fused-ring (bicyclic) bond motifs is 1. The third-order valence-corrected chi connectivity index (χ3v) is 5.59. The Hall–Kier alpha value is -2.80. The van der Waals surface area contributed by atoms with E-state index in [0.717, 1.165) is 38.0 Å². The van der Waals surface area contributed by atoms with Crippen LogP contribution >= 0.6 is 0 Å². The molecule has 2 aromatic heterocycles. The lowest BCUT2D eigenvalue weighted by molar-refractivity contribution is 0.0724. The fourth-order valence-electron chi connectivity index (χ4n) is 4.08. The molecule has 3 aromatic rings. The summed E-state index contributed by atoms with van der Waals surface area (Å²) in [6.07, 6.45) is 6.38. The zero-order valence-electron chi connectivity index (χ0n) is 16.7. The minimum absolute atomic E-state index is 0.0843. The first kappa shape index (κ1) is 19.5. The monoisotopic (exact) mass is 395 g/mol. The second-order valence-corrected chi connectivity index (χ2v) is 7.79. The molecule has 1 fully saturated rings. The van der Waals surface area contributed by atoms with Gasteiger partial charge in [-0.1, -0.05) is 18.2 Å². The molecule has 1 aromatic carbocycles. The molecule has 0 saturated carbocycles. The van der Waals surface area contributed by atoms with Crippen LogP contribution in [0.4, 0.5) is 4.39 Å². The van der Waals surface area contributed by atoms with Crippen LogP contribution in [0.2, 0.25) is 0 Å². The Morgan fingerprint density at radius 3 is 3.00 bits per heavy atom. The molecular weight excluding hydrogens is 369 g/mol. The van der Waals surface area contributed by atoms with Gasteiger partial charge in [0, 0.05) is 45.1 Å². The molecule has 1 unspecified atom stereocenters. The van der Waals surface area contributed by atoms with E-state index in [1.807, 2.05) is 19.2 Å². The summed E-state index contributed by atoms with van der Waals surface area (Å²) in [4.78, 5) is 21.1. The lowest BCUT2D eigenvalue weighted by Crippen LogP contribution is -2.42. The van der Waals surface area contributed by atoms with Crippen molar-refractivity contribution in [3.05, 3.63) is 65.9 Å². The second-order valence-electron chi connectivity index (χ2n) is 7.79. The number of piperidine rings is 1. The molecule has 29 heavy (non-hydrogen) atoms. The average molecular weight is 395 g/mol. The molecule has 3 heterocycles. The van der Waals surface area contributed by atoms with Crippen LogP contribution in [0.5, 0.6) is 0 Å². The van der Waals surface area contributed by atoms with Crippen molar-refractivity contribution in [3.63, 3.8) is 0 Å². The summed E-state index contributed by atoms with van der Waals surface area (Å²) in [5.41, 5.74) is 1.85. The number of nitrogens with zero attached hydrogens (tertiary/aromatic N) is 5. The van der Waals surface area contributed by atoms with Crippen molar-refractivity contribution in [2.24, 2.45) is 5.92 Å². The minimum Gasteiger partial charge on any atom is -0.340 e. The first-order valence-corrected chi connectivity index (χ1v) is 10.1. The molecule has 1 saturated heterocycles. The van der Waals surface area contributed by atoms with Gasteiger partial charge in [-0.05, 0) is 49.4 Å². The number of carbonyl (C=O) groups is 1. The van der Waals surface area contributed by atoms with E-state index in [9.17, 15) is 9.18 Å². The fourth-order valence-corrected chi connectivity index (χ4v) is 4.08. The van der Waals surface area contributed by atoms with E-state index >= 15 is 0 Å². The molecule has 4 rings (SSSR count). The van der Waals surface area contributed by atoms with Gasteiger partial charge in [0.2, 0.25) is 0 Å². The predicted octanol–water partition coefficient (Wildman–Crippen LogP) is 2.90. The van der Waals surface area contributed by atoms with E-state index in [1.54, 1.807) is 40.0 Å². The third-order valence-electron chi connectivity index (χ3n) is 5.59. The van der Waals surface area contributed by atoms with E-state index < -0.39 is 0 Å². The average Bonchev–Trinajstić information content (AvgIpc) is 3.17. The van der Waals surface area contributed by atoms with Gasteiger partial charge in [-0.15, -0.1) is 0 Å². The predicted molar refractivity (Wildman–Crippen MR) is 109 cm³/mol. The molecule has 152 valence electrons. The number of likely N-dealkylation sites (tertiary alicyclic amines) is 1. The van der Waals surface area contributed by atoms with Gasteiger partial charge >= 0.3 is 0 Å². The highest BCUT2D eigenvalue weighted by molar-refractivity contribution is 5.93. The van der Waals surface area contributed by atoms with Crippen molar-refractivity contribution in [1.82, 2.24) is 24.4 Å². The summed E-state index contributed by atoms with van der Waals surface area (Å²) < 4.78 is 15.5. The molecule has 7 heteroatoms. The van der Waals surface area contributed by atoms with Crippen LogP contribution in [0.1, 0.15) is 28.9 Å². The van der Waals surface area contributed by atoms with Gasteiger partial charge in [0.25, 0.3) is 5.91 Å². The quantitative estimate of drug-likeness (QED) is 0.644. The first-order valence-electron chi connectivity index (χ1n) is 10.1. The smallest absolute Gasteiger partial charge is 0.274 e. The van der Waals surface area contributed by atoms with Gasteiger partial charge in [-0.25, -0.2) is 13.9 Å². The molecule has 0 spiro atoms. The minimum atomic E-state index is -0.131. The SMILES string of the molecule is CN(CC1CCCN(CCc2ccccc2F)C1)C(=O)c1cc2ncccn2n1. The third kappa shape index (κ3) is 4.62. The van der Waals surface area contributed by atoms with Crippen molar-refractivity contribution in [1.29, 1.82) is 0 Å². The van der Waals surface area contributed by atoms with Crippen molar-refractivity contribution >= 4 is 11.6 Å². The lowest BCUT2D eigenvalue weighted by Gasteiger charge is -2.34. The largest absolute Gasteiger partial charge is 0.340 e. The normalized spacial score (nSPS) is 17.5. The number of halogens is 1. The summed E-state index contributed by atoms with van der Waals surface area (Å²) in [6, 6.07) is 10.5. The Bertz CT molecular complexity index is 955. The van der Waals surface area contributed by atoms with Gasteiger partial charge in [-0.2, -0.15) is 5.10 Å². The number of hydrogen-bond donors (Lipinski definition) is 0. The van der Waals surface area contributed by atoms with Crippen LogP contribution in [-0.4, -0.2) is 63.5 Å². The lowest BCUT2D eigenvalue weighted by atomic mass is 9.97. The van der Waals surface area contributed by atoms with Crippen molar-refractivity contribution in [2.45, 2.75) is 19.3 Å². The zero-order chi connectivity index (χ0) is 20.2. The maximum absolute atomic E-state index is 13.8. The van der Waals surface area contributed by atoms with Crippen LogP contribution in [0.25, 0.3) is 5.65 Å². The molecule has 1 aliphatic heterocycles. The Labute approximate surface area is 170 Å². The van der Waals surface area contributed by atoms with Crippen molar-refractivity contribution < 1.29 is 9.18 Å². The number of rotatable bonds is 6. The molecule has 6 nitrogen and oxygen atoms in total. The Balaban J connectivity index is 1.32. The van der Waals surface area contributed by atoms with E-state index in [-0.39, 0.29) is 11.7 Å². The first-order chi connectivity index (χ1) is 14.1. The van der Waals surface area contributed by atoms with Crippen LogP contribution in [0.15, 0.2) is 48.8 Å². The summed E-state index contributed by atoms with van der Waals surface area (Å²) in [6.45, 7) is 3.49. The molecule has 0 bridgehead atoms. The fraction of sp³-hybridized carbons (Fsp3) is 0.409. The number of carbonyl (C=O) groups excluding carboxylic acids is 1. The van der Waals surface area contributed by atoms with Gasteiger partial charge in [0.1, 0.15) is 5.82 Å². The molecular formula is C22H26FN5O. The summed E-state index contributed by atoms with van der Waals surface area (Å²) >= 11 is 0. The van der Waals surface area contributed by atoms with Gasteiger partial charge < -0.3 is 9.80 Å². The Morgan fingerprint density at radius 2 is 2.17 bits per heavy atom. The molecule has 0 radical (unpaired) electrons. The number of aromatic nitrogens is 3.